The second-order valence-corrected chi connectivity index (χ2v) is 4.51. The summed E-state index contributed by atoms with van der Waals surface area (Å²) in [6.45, 7) is 0. The first-order valence-corrected chi connectivity index (χ1v) is 3.93. The lowest BCUT2D eigenvalue weighted by Crippen LogP contribution is -3.21. The van der Waals surface area contributed by atoms with Crippen molar-refractivity contribution >= 4 is 0 Å². The van der Waals surface area contributed by atoms with Gasteiger partial charge in [-0.15, -0.1) is 0 Å². The lowest BCUT2D eigenvalue weighted by atomic mass is 9.13. The molecule has 0 unspecified atom stereocenters. The second-order valence-electron chi connectivity index (χ2n) is 4.51. The number of nitrogens with two attached hydrogens (primary N) is 1. The van der Waals surface area contributed by atoms with Crippen LogP contribution in [0.2, 0.25) is 0 Å². The first kappa shape index (κ1) is 3.35. The Morgan fingerprint density at radius 3 is 2.11 bits per heavy atom. The predicted molar refractivity (Wildman–Crippen MR) is 30.6 cm³/mol. The van der Waals surface area contributed by atoms with Gasteiger partial charge in [0.05, 0.1) is 5.54 Å². The highest BCUT2D eigenvalue weighted by Crippen LogP contribution is 2.90. The van der Waals surface area contributed by atoms with Crippen molar-refractivity contribution in [1.82, 2.24) is 4.90 Å². The summed E-state index contributed by atoms with van der Waals surface area (Å²) >= 11 is 0. The van der Waals surface area contributed by atoms with Gasteiger partial charge in [-0.3, -0.25) is 4.90 Å². The molecule has 2 N–H and O–H groups in total. The molecule has 0 spiro atoms. The molecule has 0 aromatic heterocycles. The molecule has 3 aliphatic heterocycles. The molecule has 3 saturated carbocycles. The van der Waals surface area contributed by atoms with Crippen LogP contribution in [0.3, 0.4) is 0 Å². The molecule has 6 rings (SSSR count). The van der Waals surface area contributed by atoms with Gasteiger partial charge in [0.25, 0.3) is 0 Å². The van der Waals surface area contributed by atoms with Crippen LogP contribution in [0.15, 0.2) is 0 Å². The molecule has 9 heavy (non-hydrogen) atoms. The van der Waals surface area contributed by atoms with Crippen molar-refractivity contribution in [3.63, 3.8) is 0 Å². The largest absolute Gasteiger partial charge is 0.322 e. The Hall–Kier alpha value is -0.0800. The lowest BCUT2D eigenvalue weighted by molar-refractivity contribution is -0.554. The molecule has 0 aromatic rings. The van der Waals surface area contributed by atoms with Crippen LogP contribution < -0.4 is 5.73 Å². The van der Waals surface area contributed by atoms with E-state index in [1.54, 1.807) is 0 Å². The third-order valence-corrected chi connectivity index (χ3v) is 4.94. The third-order valence-electron chi connectivity index (χ3n) is 4.94. The third kappa shape index (κ3) is 0.0955. The van der Waals surface area contributed by atoms with Gasteiger partial charge in [0.15, 0.2) is 0 Å². The molecule has 6 aliphatic rings. The van der Waals surface area contributed by atoms with Crippen LogP contribution in [0, 0.1) is 17.8 Å². The highest BCUT2D eigenvalue weighted by molar-refractivity contribution is 5.58. The summed E-state index contributed by atoms with van der Waals surface area (Å²) in [6.07, 6.45) is 0. The number of hydrogen-bond acceptors (Lipinski definition) is 2. The Bertz CT molecular complexity index is 209. The van der Waals surface area contributed by atoms with E-state index in [0.29, 0.717) is 5.54 Å². The average molecular weight is 120 g/mol. The van der Waals surface area contributed by atoms with Crippen molar-refractivity contribution in [1.29, 1.82) is 0 Å². The van der Waals surface area contributed by atoms with Crippen LogP contribution in [0.25, 0.3) is 0 Å². The molecule has 0 bridgehead atoms. The quantitative estimate of drug-likeness (QED) is 0.444. The van der Waals surface area contributed by atoms with Gasteiger partial charge < -0.3 is 5.73 Å². The summed E-state index contributed by atoms with van der Waals surface area (Å²) in [5, 5.41) is 0. The maximum atomic E-state index is 6.14. The summed E-state index contributed by atoms with van der Waals surface area (Å²) in [5.41, 5.74) is 6.53. The highest BCUT2D eigenvalue weighted by Gasteiger charge is 3.03. The van der Waals surface area contributed by atoms with E-state index >= 15 is 0 Å². The van der Waals surface area contributed by atoms with Crippen molar-refractivity contribution in [2.24, 2.45) is 23.5 Å². The van der Waals surface area contributed by atoms with Gasteiger partial charge in [-0.25, -0.2) is 0 Å². The fourth-order valence-corrected chi connectivity index (χ4v) is 4.79. The van der Waals surface area contributed by atoms with Crippen LogP contribution >= 0.6 is 0 Å². The van der Waals surface area contributed by atoms with Crippen LogP contribution in [0.5, 0.6) is 0 Å². The van der Waals surface area contributed by atoms with E-state index in [4.69, 9.17) is 5.73 Å². The van der Waals surface area contributed by atoms with Gasteiger partial charge in [0.2, 0.25) is 0 Å². The summed E-state index contributed by atoms with van der Waals surface area (Å²) in [6, 6.07) is 2.85. The van der Waals surface area contributed by atoms with E-state index in [1.807, 2.05) is 0 Å². The Balaban J connectivity index is 1.93. The van der Waals surface area contributed by atoms with Gasteiger partial charge >= 0.3 is 0 Å². The van der Waals surface area contributed by atoms with Gasteiger partial charge in [-0.2, -0.15) is 0 Å². The molecule has 3 saturated heterocycles. The van der Waals surface area contributed by atoms with Crippen molar-refractivity contribution < 1.29 is 0 Å². The molecule has 46 valence electrons. The van der Waals surface area contributed by atoms with Crippen molar-refractivity contribution in [3.05, 3.63) is 0 Å². The minimum absolute atomic E-state index is 0.393. The summed E-state index contributed by atoms with van der Waals surface area (Å²) in [4.78, 5) is 2.65. The van der Waals surface area contributed by atoms with Crippen molar-refractivity contribution in [2.75, 3.05) is 0 Å². The SMILES string of the molecule is NC12C3[C@@H]4C5[C@@H]3[C@H]1N5[C@H]42. The normalized spacial score (nSPS) is 99.7. The zero-order valence-corrected chi connectivity index (χ0v) is 4.99. The lowest BCUT2D eigenvalue weighted by Gasteiger charge is -3.07. The molecule has 6 fully saturated rings. The van der Waals surface area contributed by atoms with E-state index in [2.05, 4.69) is 4.90 Å². The summed E-state index contributed by atoms with van der Waals surface area (Å²) < 4.78 is 0. The monoisotopic (exact) mass is 120 g/mol. The highest BCUT2D eigenvalue weighted by atomic mass is 15.6. The van der Waals surface area contributed by atoms with Gasteiger partial charge in [0.1, 0.15) is 0 Å². The topological polar surface area (TPSA) is 29.3 Å². The van der Waals surface area contributed by atoms with Crippen LogP contribution in [0.1, 0.15) is 0 Å². The molecule has 3 heterocycles. The molecule has 0 radical (unpaired) electrons. The Morgan fingerprint density at radius 2 is 1.89 bits per heavy atom. The van der Waals surface area contributed by atoms with Crippen LogP contribution in [-0.2, 0) is 0 Å². The molecule has 2 heteroatoms. The second kappa shape index (κ2) is 0.523. The number of piperidine rings is 12. The summed E-state index contributed by atoms with van der Waals surface area (Å²) in [5.74, 6) is 3.22. The minimum Gasteiger partial charge on any atom is -0.322 e. The van der Waals surface area contributed by atoms with Crippen molar-refractivity contribution in [2.45, 2.75) is 23.7 Å². The van der Waals surface area contributed by atoms with E-state index in [0.717, 1.165) is 35.9 Å². The standard InChI is InChI=1S/C7H8N2/c8-7-3-1-4-2(3)6(7)9(4)5(1)7/h1-6H,8H2/t1-,2-,3?,4?,5-,6-,7?/m1/s1. The summed E-state index contributed by atoms with van der Waals surface area (Å²) in [7, 11) is 0. The molecular formula is C7H8N2. The number of nitrogens with zero attached hydrogens (tertiary/aromatic N) is 1. The van der Waals surface area contributed by atoms with Gasteiger partial charge in [0, 0.05) is 18.1 Å². The Labute approximate surface area is 53.0 Å². The first-order chi connectivity index (χ1) is 4.37. The zero-order valence-electron chi connectivity index (χ0n) is 4.99. The van der Waals surface area contributed by atoms with E-state index < -0.39 is 0 Å². The molecule has 0 amide bonds. The molecular weight excluding hydrogens is 112 g/mol. The maximum Gasteiger partial charge on any atom is 0.0513 e. The molecule has 4 atom stereocenters. The number of rotatable bonds is 0. The van der Waals surface area contributed by atoms with Crippen molar-refractivity contribution in [3.8, 4) is 0 Å². The first-order valence-electron chi connectivity index (χ1n) is 3.93. The van der Waals surface area contributed by atoms with Gasteiger partial charge in [-0.1, -0.05) is 0 Å². The molecule has 0 aromatic carbocycles. The fourth-order valence-electron chi connectivity index (χ4n) is 4.79. The molecule has 2 nitrogen and oxygen atoms in total. The van der Waals surface area contributed by atoms with E-state index in [-0.39, 0.29) is 0 Å². The van der Waals surface area contributed by atoms with Crippen LogP contribution in [-0.4, -0.2) is 28.6 Å². The van der Waals surface area contributed by atoms with Gasteiger partial charge in [-0.05, 0) is 17.8 Å². The number of hydrogen-bond donors (Lipinski definition) is 1. The minimum atomic E-state index is 0.393. The average Bonchev–Trinajstić information content (AvgIpc) is 1.88. The Kier molecular flexibility index (Phi) is 0.195. The predicted octanol–water partition coefficient (Wildman–Crippen LogP) is -0.992. The van der Waals surface area contributed by atoms with E-state index in [1.165, 1.54) is 0 Å². The Morgan fingerprint density at radius 1 is 1.22 bits per heavy atom. The molecule has 3 aliphatic carbocycles. The fraction of sp³-hybridized carbons (Fsp3) is 1.00. The zero-order chi connectivity index (χ0) is 5.54. The van der Waals surface area contributed by atoms with Crippen LogP contribution in [0.4, 0.5) is 0 Å². The maximum absolute atomic E-state index is 6.14. The smallest absolute Gasteiger partial charge is 0.0513 e. The van der Waals surface area contributed by atoms with E-state index in [9.17, 15) is 0 Å².